The fourth-order valence-corrected chi connectivity index (χ4v) is 2.62. The van der Waals surface area contributed by atoms with Crippen LogP contribution >= 0.6 is 22.6 Å². The number of ether oxygens (including phenoxy) is 1. The van der Waals surface area contributed by atoms with E-state index < -0.39 is 23.6 Å². The number of nitrogens with zero attached hydrogens (tertiary/aromatic N) is 1. The van der Waals surface area contributed by atoms with Crippen molar-refractivity contribution in [1.29, 1.82) is 0 Å². The first-order valence-corrected chi connectivity index (χ1v) is 6.77. The lowest BCUT2D eigenvalue weighted by Gasteiger charge is -2.14. The van der Waals surface area contributed by atoms with Crippen molar-refractivity contribution in [2.75, 3.05) is 4.43 Å². The summed E-state index contributed by atoms with van der Waals surface area (Å²) in [6.45, 7) is 1.62. The van der Waals surface area contributed by atoms with E-state index in [0.717, 1.165) is 0 Å². The monoisotopic (exact) mass is 352 g/mol. The second-order valence-electron chi connectivity index (χ2n) is 4.07. The van der Waals surface area contributed by atoms with Gasteiger partial charge in [-0.3, -0.25) is 14.3 Å². The highest BCUT2D eigenvalue weighted by atomic mass is 127. The summed E-state index contributed by atoms with van der Waals surface area (Å²) >= 11 is 2.12. The highest BCUT2D eigenvalue weighted by Gasteiger charge is 2.34. The van der Waals surface area contributed by atoms with Crippen molar-refractivity contribution in [2.45, 2.75) is 31.8 Å². The zero-order valence-electron chi connectivity index (χ0n) is 9.22. The van der Waals surface area contributed by atoms with Crippen LogP contribution < -0.4 is 11.2 Å². The molecule has 0 bridgehead atoms. The third-order valence-electron chi connectivity index (χ3n) is 2.81. The maximum absolute atomic E-state index is 11.6. The van der Waals surface area contributed by atoms with Gasteiger partial charge in [0, 0.05) is 22.6 Å². The number of aryl methyl sites for hydroxylation is 1. The van der Waals surface area contributed by atoms with Crippen molar-refractivity contribution < 1.29 is 9.84 Å². The van der Waals surface area contributed by atoms with E-state index in [1.165, 1.54) is 10.8 Å². The minimum Gasteiger partial charge on any atom is -0.390 e. The van der Waals surface area contributed by atoms with Crippen LogP contribution in [0.25, 0.3) is 0 Å². The Bertz CT molecular complexity index is 524. The van der Waals surface area contributed by atoms with Gasteiger partial charge in [0.05, 0.1) is 12.2 Å². The molecule has 1 aliphatic rings. The normalized spacial score (nSPS) is 28.5. The number of rotatable bonds is 2. The Kier molecular flexibility index (Phi) is 3.69. The molecule has 0 radical (unpaired) electrons. The van der Waals surface area contributed by atoms with Crippen molar-refractivity contribution in [2.24, 2.45) is 0 Å². The van der Waals surface area contributed by atoms with Crippen LogP contribution in [0.5, 0.6) is 0 Å². The van der Waals surface area contributed by atoms with Gasteiger partial charge in [0.25, 0.3) is 5.56 Å². The quantitative estimate of drug-likeness (QED) is 0.577. The van der Waals surface area contributed by atoms with Gasteiger partial charge in [-0.25, -0.2) is 4.79 Å². The van der Waals surface area contributed by atoms with E-state index in [-0.39, 0.29) is 6.10 Å². The Morgan fingerprint density at radius 3 is 2.94 bits per heavy atom. The number of hydrogen-bond acceptors (Lipinski definition) is 4. The van der Waals surface area contributed by atoms with Gasteiger partial charge in [-0.05, 0) is 6.92 Å². The molecule has 17 heavy (non-hydrogen) atoms. The minimum atomic E-state index is -0.573. The molecule has 94 valence electrons. The number of aromatic nitrogens is 2. The predicted molar refractivity (Wildman–Crippen MR) is 69.5 cm³/mol. The molecule has 2 N–H and O–H groups in total. The number of aliphatic hydroxyl groups is 1. The lowest BCUT2D eigenvalue weighted by atomic mass is 10.2. The molecule has 0 spiro atoms. The topological polar surface area (TPSA) is 84.3 Å². The number of halogens is 1. The molecule has 6 nitrogen and oxygen atoms in total. The van der Waals surface area contributed by atoms with Crippen LogP contribution in [0.4, 0.5) is 0 Å². The summed E-state index contributed by atoms with van der Waals surface area (Å²) in [6, 6.07) is 0. The molecular formula is C10H13IN2O4. The third-order valence-corrected chi connectivity index (χ3v) is 3.68. The molecule has 0 aromatic carbocycles. The third kappa shape index (κ3) is 2.45. The second-order valence-corrected chi connectivity index (χ2v) is 4.95. The highest BCUT2D eigenvalue weighted by molar-refractivity contribution is 14.1. The van der Waals surface area contributed by atoms with E-state index in [1.54, 1.807) is 6.92 Å². The van der Waals surface area contributed by atoms with Crippen LogP contribution in [-0.4, -0.2) is 31.3 Å². The fraction of sp³-hybridized carbons (Fsp3) is 0.600. The zero-order valence-corrected chi connectivity index (χ0v) is 11.4. The smallest absolute Gasteiger partial charge is 0.330 e. The van der Waals surface area contributed by atoms with Gasteiger partial charge < -0.3 is 9.84 Å². The molecule has 0 saturated carbocycles. The largest absolute Gasteiger partial charge is 0.390 e. The molecule has 1 aliphatic heterocycles. The van der Waals surface area contributed by atoms with Crippen LogP contribution in [0.2, 0.25) is 0 Å². The van der Waals surface area contributed by atoms with Crippen molar-refractivity contribution in [3.05, 3.63) is 32.6 Å². The zero-order chi connectivity index (χ0) is 12.6. The molecule has 1 saturated heterocycles. The first-order chi connectivity index (χ1) is 8.02. The maximum atomic E-state index is 11.6. The van der Waals surface area contributed by atoms with Gasteiger partial charge in [0.1, 0.15) is 6.23 Å². The van der Waals surface area contributed by atoms with E-state index in [9.17, 15) is 14.7 Å². The van der Waals surface area contributed by atoms with Gasteiger partial charge in [0.2, 0.25) is 0 Å². The molecular weight excluding hydrogens is 339 g/mol. The summed E-state index contributed by atoms with van der Waals surface area (Å²) in [4.78, 5) is 25.1. The van der Waals surface area contributed by atoms with E-state index in [4.69, 9.17) is 4.74 Å². The first-order valence-electron chi connectivity index (χ1n) is 5.24. The van der Waals surface area contributed by atoms with Crippen LogP contribution in [0.15, 0.2) is 15.8 Å². The van der Waals surface area contributed by atoms with Crippen LogP contribution in [-0.2, 0) is 4.74 Å². The van der Waals surface area contributed by atoms with Crippen molar-refractivity contribution in [3.63, 3.8) is 0 Å². The van der Waals surface area contributed by atoms with E-state index in [1.807, 2.05) is 0 Å². The molecule has 0 amide bonds. The average molecular weight is 352 g/mol. The number of aromatic amines is 1. The number of H-pyrrole nitrogens is 1. The van der Waals surface area contributed by atoms with E-state index in [0.29, 0.717) is 16.4 Å². The fourth-order valence-electron chi connectivity index (χ4n) is 1.82. The Balaban J connectivity index is 2.34. The molecule has 1 aromatic heterocycles. The summed E-state index contributed by atoms with van der Waals surface area (Å²) in [7, 11) is 0. The first kappa shape index (κ1) is 12.8. The van der Waals surface area contributed by atoms with Crippen molar-refractivity contribution >= 4 is 22.6 Å². The molecule has 0 aliphatic carbocycles. The van der Waals surface area contributed by atoms with Crippen molar-refractivity contribution in [3.8, 4) is 0 Å². The SMILES string of the molecule is Cc1cn([C@@H]2C[C@@H](O)[C@@H](CI)O2)c(=O)[nH]c1=O. The number of aliphatic hydroxyl groups excluding tert-OH is 1. The molecule has 2 heterocycles. The van der Waals surface area contributed by atoms with Crippen LogP contribution in [0.3, 0.4) is 0 Å². The summed E-state index contributed by atoms with van der Waals surface area (Å²) in [6.07, 6.45) is 0.483. The minimum absolute atomic E-state index is 0.264. The van der Waals surface area contributed by atoms with E-state index in [2.05, 4.69) is 27.6 Å². The summed E-state index contributed by atoms with van der Waals surface area (Å²) in [5.41, 5.74) is -0.456. The lowest BCUT2D eigenvalue weighted by molar-refractivity contribution is -0.00618. The standard InChI is InChI=1S/C10H13IN2O4/c1-5-4-13(10(16)12-9(5)15)8-2-6(14)7(3-11)17-8/h4,6-8,14H,2-3H2,1H3,(H,12,15,16)/t6-,7-,8+/m1/s1. The Labute approximate surface area is 111 Å². The second kappa shape index (κ2) is 4.91. The summed E-state index contributed by atoms with van der Waals surface area (Å²) in [5, 5.41) is 9.72. The van der Waals surface area contributed by atoms with Gasteiger partial charge in [-0.15, -0.1) is 0 Å². The molecule has 1 fully saturated rings. The number of hydrogen-bond donors (Lipinski definition) is 2. The highest BCUT2D eigenvalue weighted by Crippen LogP contribution is 2.28. The lowest BCUT2D eigenvalue weighted by Crippen LogP contribution is -2.33. The van der Waals surface area contributed by atoms with Gasteiger partial charge in [-0.2, -0.15) is 0 Å². The Hall–Kier alpha value is -0.670. The van der Waals surface area contributed by atoms with E-state index >= 15 is 0 Å². The van der Waals surface area contributed by atoms with Gasteiger partial charge in [0.15, 0.2) is 0 Å². The predicted octanol–water partition coefficient (Wildman–Crippen LogP) is -0.0716. The molecule has 2 rings (SSSR count). The molecule has 0 unspecified atom stereocenters. The maximum Gasteiger partial charge on any atom is 0.330 e. The molecule has 7 heteroatoms. The summed E-state index contributed by atoms with van der Waals surface area (Å²) < 4.78 is 7.55. The Morgan fingerprint density at radius 1 is 1.65 bits per heavy atom. The van der Waals surface area contributed by atoms with Gasteiger partial charge >= 0.3 is 5.69 Å². The van der Waals surface area contributed by atoms with Crippen LogP contribution in [0.1, 0.15) is 18.2 Å². The van der Waals surface area contributed by atoms with Crippen molar-refractivity contribution in [1.82, 2.24) is 9.55 Å². The number of alkyl halides is 1. The summed E-state index contributed by atoms with van der Waals surface area (Å²) in [5.74, 6) is 0. The van der Waals surface area contributed by atoms with Gasteiger partial charge in [-0.1, -0.05) is 22.6 Å². The molecule has 3 atom stereocenters. The number of nitrogens with one attached hydrogen (secondary N) is 1. The average Bonchev–Trinajstić information content (AvgIpc) is 2.65. The Morgan fingerprint density at radius 2 is 2.35 bits per heavy atom. The van der Waals surface area contributed by atoms with Crippen LogP contribution in [0, 0.1) is 6.92 Å². The molecule has 1 aromatic rings.